The maximum atomic E-state index is 13.3. The summed E-state index contributed by atoms with van der Waals surface area (Å²) in [6, 6.07) is 5.53. The minimum Gasteiger partial charge on any atom is -0.465 e. The molecule has 2 aliphatic heterocycles. The first-order valence-corrected chi connectivity index (χ1v) is 8.79. The lowest BCUT2D eigenvalue weighted by atomic mass is 10.0. The quantitative estimate of drug-likeness (QED) is 0.862. The van der Waals surface area contributed by atoms with E-state index in [2.05, 4.69) is 0 Å². The maximum Gasteiger partial charge on any atom is 0.416 e. The third kappa shape index (κ3) is 4.48. The SMILES string of the molecule is O=C(O)N1CC[C@H](N(Cc2ccccc2C(F)(F)F)CC2CCOC2)C1. The van der Waals surface area contributed by atoms with Crippen LogP contribution in [0.25, 0.3) is 0 Å². The summed E-state index contributed by atoms with van der Waals surface area (Å²) in [6.07, 6.45) is -3.87. The number of nitrogens with zero attached hydrogens (tertiary/aromatic N) is 2. The van der Waals surface area contributed by atoms with Crippen LogP contribution in [0.4, 0.5) is 18.0 Å². The Hall–Kier alpha value is -1.80. The lowest BCUT2D eigenvalue weighted by Crippen LogP contribution is -2.41. The molecule has 3 rings (SSSR count). The van der Waals surface area contributed by atoms with Crippen LogP contribution < -0.4 is 0 Å². The highest BCUT2D eigenvalue weighted by Crippen LogP contribution is 2.33. The van der Waals surface area contributed by atoms with Crippen molar-refractivity contribution in [1.82, 2.24) is 9.80 Å². The average molecular weight is 372 g/mol. The summed E-state index contributed by atoms with van der Waals surface area (Å²) in [6.45, 7) is 2.79. The van der Waals surface area contributed by atoms with E-state index in [0.717, 1.165) is 12.5 Å². The number of likely N-dealkylation sites (tertiary alicyclic amines) is 1. The molecule has 0 saturated carbocycles. The number of hydrogen-bond donors (Lipinski definition) is 1. The van der Waals surface area contributed by atoms with Gasteiger partial charge in [0, 0.05) is 38.8 Å². The van der Waals surface area contributed by atoms with Crippen molar-refractivity contribution in [2.75, 3.05) is 32.8 Å². The van der Waals surface area contributed by atoms with Gasteiger partial charge in [-0.2, -0.15) is 13.2 Å². The molecule has 0 radical (unpaired) electrons. The van der Waals surface area contributed by atoms with Gasteiger partial charge in [-0.05, 0) is 30.4 Å². The number of amides is 1. The van der Waals surface area contributed by atoms with E-state index in [-0.39, 0.29) is 24.1 Å². The minimum absolute atomic E-state index is 0.0759. The van der Waals surface area contributed by atoms with Gasteiger partial charge in [-0.15, -0.1) is 0 Å². The van der Waals surface area contributed by atoms with Gasteiger partial charge in [-0.25, -0.2) is 4.79 Å². The van der Waals surface area contributed by atoms with E-state index in [4.69, 9.17) is 4.74 Å². The van der Waals surface area contributed by atoms with Crippen molar-refractivity contribution in [3.63, 3.8) is 0 Å². The summed E-state index contributed by atoms with van der Waals surface area (Å²) >= 11 is 0. The molecule has 0 bridgehead atoms. The maximum absolute atomic E-state index is 13.3. The summed E-state index contributed by atoms with van der Waals surface area (Å²) in [5.74, 6) is 0.270. The Morgan fingerprint density at radius 3 is 2.69 bits per heavy atom. The van der Waals surface area contributed by atoms with Crippen molar-refractivity contribution < 1.29 is 27.8 Å². The van der Waals surface area contributed by atoms with Gasteiger partial charge in [0.25, 0.3) is 0 Å². The van der Waals surface area contributed by atoms with Crippen LogP contribution in [0.15, 0.2) is 24.3 Å². The smallest absolute Gasteiger partial charge is 0.416 e. The lowest BCUT2D eigenvalue weighted by Gasteiger charge is -2.31. The van der Waals surface area contributed by atoms with E-state index < -0.39 is 17.8 Å². The molecule has 8 heteroatoms. The molecular formula is C18H23F3N2O3. The van der Waals surface area contributed by atoms with Crippen LogP contribution in [-0.2, 0) is 17.5 Å². The number of benzene rings is 1. The van der Waals surface area contributed by atoms with Gasteiger partial charge < -0.3 is 14.7 Å². The molecule has 5 nitrogen and oxygen atoms in total. The third-order valence-corrected chi connectivity index (χ3v) is 5.16. The predicted molar refractivity (Wildman–Crippen MR) is 88.8 cm³/mol. The third-order valence-electron chi connectivity index (χ3n) is 5.16. The van der Waals surface area contributed by atoms with Crippen molar-refractivity contribution in [2.24, 2.45) is 5.92 Å². The first-order valence-electron chi connectivity index (χ1n) is 8.79. The number of ether oxygens (including phenoxy) is 1. The van der Waals surface area contributed by atoms with E-state index in [1.54, 1.807) is 6.07 Å². The highest BCUT2D eigenvalue weighted by Gasteiger charge is 2.36. The molecule has 144 valence electrons. The fourth-order valence-corrected chi connectivity index (χ4v) is 3.77. The van der Waals surface area contributed by atoms with Gasteiger partial charge in [-0.1, -0.05) is 18.2 Å². The summed E-state index contributed by atoms with van der Waals surface area (Å²) < 4.78 is 45.4. The van der Waals surface area contributed by atoms with Crippen LogP contribution in [0.1, 0.15) is 24.0 Å². The van der Waals surface area contributed by atoms with E-state index in [0.29, 0.717) is 39.3 Å². The van der Waals surface area contributed by atoms with Gasteiger partial charge in [0.15, 0.2) is 0 Å². The number of carboxylic acid groups (broad SMARTS) is 1. The lowest BCUT2D eigenvalue weighted by molar-refractivity contribution is -0.138. The summed E-state index contributed by atoms with van der Waals surface area (Å²) in [7, 11) is 0. The number of alkyl halides is 3. The van der Waals surface area contributed by atoms with Crippen LogP contribution in [0.5, 0.6) is 0 Å². The van der Waals surface area contributed by atoms with Crippen LogP contribution in [-0.4, -0.2) is 59.9 Å². The van der Waals surface area contributed by atoms with Gasteiger partial charge in [0.2, 0.25) is 0 Å². The molecule has 0 aliphatic carbocycles. The molecule has 0 aromatic heterocycles. The molecule has 1 amide bonds. The molecule has 0 spiro atoms. The van der Waals surface area contributed by atoms with E-state index in [1.165, 1.54) is 17.0 Å². The van der Waals surface area contributed by atoms with E-state index >= 15 is 0 Å². The summed E-state index contributed by atoms with van der Waals surface area (Å²) in [5.41, 5.74) is -0.395. The van der Waals surface area contributed by atoms with Crippen molar-refractivity contribution in [2.45, 2.75) is 31.6 Å². The summed E-state index contributed by atoms with van der Waals surface area (Å²) in [5, 5.41) is 9.18. The zero-order chi connectivity index (χ0) is 18.7. The van der Waals surface area contributed by atoms with Crippen LogP contribution in [0, 0.1) is 5.92 Å². The molecular weight excluding hydrogens is 349 g/mol. The van der Waals surface area contributed by atoms with Gasteiger partial charge >= 0.3 is 12.3 Å². The van der Waals surface area contributed by atoms with Crippen LogP contribution in [0.3, 0.4) is 0 Å². The molecule has 2 fully saturated rings. The first kappa shape index (κ1) is 19.0. The van der Waals surface area contributed by atoms with Crippen molar-refractivity contribution >= 4 is 6.09 Å². The monoisotopic (exact) mass is 372 g/mol. The second-order valence-corrected chi connectivity index (χ2v) is 6.99. The Kier molecular flexibility index (Phi) is 5.72. The minimum atomic E-state index is -4.40. The molecule has 1 unspecified atom stereocenters. The highest BCUT2D eigenvalue weighted by atomic mass is 19.4. The Balaban J connectivity index is 1.79. The zero-order valence-corrected chi connectivity index (χ0v) is 14.4. The molecule has 1 aromatic rings. The molecule has 2 atom stereocenters. The van der Waals surface area contributed by atoms with Crippen LogP contribution in [0.2, 0.25) is 0 Å². The second kappa shape index (κ2) is 7.84. The molecule has 1 N–H and O–H groups in total. The Labute approximate surface area is 150 Å². The molecule has 2 aliphatic rings. The molecule has 2 heterocycles. The molecule has 26 heavy (non-hydrogen) atoms. The zero-order valence-electron chi connectivity index (χ0n) is 14.4. The van der Waals surface area contributed by atoms with E-state index in [9.17, 15) is 23.1 Å². The van der Waals surface area contributed by atoms with Crippen LogP contribution >= 0.6 is 0 Å². The number of rotatable bonds is 5. The fourth-order valence-electron chi connectivity index (χ4n) is 3.77. The average Bonchev–Trinajstić information content (AvgIpc) is 3.25. The van der Waals surface area contributed by atoms with Gasteiger partial charge in [0.05, 0.1) is 12.2 Å². The Morgan fingerprint density at radius 2 is 2.08 bits per heavy atom. The number of carbonyl (C=O) groups is 1. The topological polar surface area (TPSA) is 53.0 Å². The van der Waals surface area contributed by atoms with Crippen molar-refractivity contribution in [3.05, 3.63) is 35.4 Å². The van der Waals surface area contributed by atoms with Gasteiger partial charge in [-0.3, -0.25) is 4.90 Å². The second-order valence-electron chi connectivity index (χ2n) is 6.99. The highest BCUT2D eigenvalue weighted by molar-refractivity contribution is 5.65. The largest absolute Gasteiger partial charge is 0.465 e. The summed E-state index contributed by atoms with van der Waals surface area (Å²) in [4.78, 5) is 14.5. The normalized spacial score (nSPS) is 23.8. The number of hydrogen-bond acceptors (Lipinski definition) is 3. The Morgan fingerprint density at radius 1 is 1.31 bits per heavy atom. The van der Waals surface area contributed by atoms with Crippen molar-refractivity contribution in [3.8, 4) is 0 Å². The number of halogens is 3. The molecule has 2 saturated heterocycles. The molecule has 1 aromatic carbocycles. The fraction of sp³-hybridized carbons (Fsp3) is 0.611. The predicted octanol–water partition coefficient (Wildman–Crippen LogP) is 3.30. The Bertz CT molecular complexity index is 632. The van der Waals surface area contributed by atoms with Crippen molar-refractivity contribution in [1.29, 1.82) is 0 Å². The standard InChI is InChI=1S/C18H23F3N2O3/c19-18(20,21)16-4-2-1-3-14(16)10-23(9-13-6-8-26-12-13)15-5-7-22(11-15)17(24)25/h1-4,13,15H,5-12H2,(H,24,25)/t13?,15-/m0/s1. The van der Waals surface area contributed by atoms with Gasteiger partial charge in [0.1, 0.15) is 0 Å². The van der Waals surface area contributed by atoms with E-state index in [1.807, 2.05) is 4.90 Å². The first-order chi connectivity index (χ1) is 12.3.